The number of ether oxygens (including phenoxy) is 1. The molecule has 3 rings (SSSR count). The molecule has 0 radical (unpaired) electrons. The molecule has 2 amide bonds. The maximum absolute atomic E-state index is 13.0. The zero-order valence-corrected chi connectivity index (χ0v) is 17.8. The van der Waals surface area contributed by atoms with Gasteiger partial charge in [-0.3, -0.25) is 9.59 Å². The van der Waals surface area contributed by atoms with Crippen LogP contribution in [0, 0.1) is 0 Å². The van der Waals surface area contributed by atoms with Crippen LogP contribution in [-0.2, 0) is 9.45 Å². The molecule has 0 spiro atoms. The third kappa shape index (κ3) is 5.44. The number of fused-ring (bicyclic) bond motifs is 1. The highest BCUT2D eigenvalue weighted by Crippen LogP contribution is 2.36. The van der Waals surface area contributed by atoms with Gasteiger partial charge < -0.3 is 29.7 Å². The molecule has 2 aromatic carbocycles. The number of hydrogen-bond acceptors (Lipinski definition) is 6. The van der Waals surface area contributed by atoms with Crippen LogP contribution >= 0.6 is 0 Å². The average Bonchev–Trinajstić information content (AvgIpc) is 3.15. The van der Waals surface area contributed by atoms with Gasteiger partial charge in [0.1, 0.15) is 12.0 Å². The summed E-state index contributed by atoms with van der Waals surface area (Å²) in [5.74, 6) is -0.552. The van der Waals surface area contributed by atoms with Gasteiger partial charge in [-0.2, -0.15) is 0 Å². The van der Waals surface area contributed by atoms with Gasteiger partial charge in [-0.05, 0) is 24.6 Å². The fourth-order valence-electron chi connectivity index (χ4n) is 3.71. The van der Waals surface area contributed by atoms with E-state index in [0.717, 1.165) is 11.3 Å². The van der Waals surface area contributed by atoms with E-state index in [-0.39, 0.29) is 11.8 Å². The van der Waals surface area contributed by atoms with E-state index in [4.69, 9.17) is 9.39 Å². The molecule has 3 atom stereocenters. The van der Waals surface area contributed by atoms with Crippen LogP contribution in [0.2, 0.25) is 0 Å². The summed E-state index contributed by atoms with van der Waals surface area (Å²) < 4.78 is 10.8. The summed E-state index contributed by atoms with van der Waals surface area (Å²) in [4.78, 5) is 26.9. The molecule has 1 aliphatic heterocycles. The van der Waals surface area contributed by atoms with Crippen molar-refractivity contribution in [2.45, 2.75) is 31.4 Å². The fourth-order valence-corrected chi connectivity index (χ4v) is 3.71. The number of hydrogen-bond donors (Lipinski definition) is 3. The molecule has 8 nitrogen and oxygen atoms in total. The Morgan fingerprint density at radius 2 is 1.87 bits per heavy atom. The van der Waals surface area contributed by atoms with E-state index in [0.29, 0.717) is 24.2 Å². The first-order chi connectivity index (χ1) is 14.8. The third-order valence-corrected chi connectivity index (χ3v) is 5.34. The molecule has 0 unspecified atom stereocenters. The highest BCUT2D eigenvalue weighted by molar-refractivity contribution is 6.32. The fraction of sp³-hybridized carbons (Fsp3) is 0.364. The zero-order chi connectivity index (χ0) is 22.5. The Bertz CT molecular complexity index is 936. The summed E-state index contributed by atoms with van der Waals surface area (Å²) in [6.45, 7) is 2.10. The zero-order valence-electron chi connectivity index (χ0n) is 17.8. The van der Waals surface area contributed by atoms with Crippen molar-refractivity contribution in [1.82, 2.24) is 10.2 Å². The van der Waals surface area contributed by atoms with Crippen LogP contribution in [0.3, 0.4) is 0 Å². The molecule has 0 saturated carbocycles. The first kappa shape index (κ1) is 22.8. The van der Waals surface area contributed by atoms with Gasteiger partial charge in [0.15, 0.2) is 0 Å². The molecule has 3 N–H and O–H groups in total. The van der Waals surface area contributed by atoms with Gasteiger partial charge in [0.2, 0.25) is 5.91 Å². The molecular weight excluding hydrogens is 399 g/mol. The number of carbonyl (C=O) groups is 2. The largest absolute Gasteiger partial charge is 0.635 e. The van der Waals surface area contributed by atoms with Crippen molar-refractivity contribution < 1.29 is 29.0 Å². The van der Waals surface area contributed by atoms with E-state index in [9.17, 15) is 19.6 Å². The van der Waals surface area contributed by atoms with Gasteiger partial charge in [-0.15, -0.1) is 0 Å². The molecule has 0 aromatic heterocycles. The van der Waals surface area contributed by atoms with Crippen molar-refractivity contribution in [3.05, 3.63) is 65.2 Å². The Hall–Kier alpha value is -2.88. The molecule has 31 heavy (non-hydrogen) atoms. The van der Waals surface area contributed by atoms with Gasteiger partial charge in [-0.25, -0.2) is 0 Å². The minimum atomic E-state index is -2.04. The van der Waals surface area contributed by atoms with E-state index in [1.54, 1.807) is 45.3 Å². The molecular formula is C22H27BN2O6. The lowest BCUT2D eigenvalue weighted by Crippen LogP contribution is -2.43. The number of rotatable bonds is 8. The Morgan fingerprint density at radius 1 is 1.19 bits per heavy atom. The van der Waals surface area contributed by atoms with Crippen LogP contribution in [0.15, 0.2) is 48.5 Å². The van der Waals surface area contributed by atoms with Crippen molar-refractivity contribution in [1.29, 1.82) is 0 Å². The molecule has 2 aromatic rings. The van der Waals surface area contributed by atoms with E-state index in [2.05, 4.69) is 5.32 Å². The first-order valence-electron chi connectivity index (χ1n) is 10.1. The molecule has 0 fully saturated rings. The van der Waals surface area contributed by atoms with E-state index in [1.165, 1.54) is 4.90 Å². The second-order valence-electron chi connectivity index (χ2n) is 7.75. The SMILES string of the molecule is C[C@@H](C(=O)N[C@@H](C[C@@H]1COc2ccccc21)OB(O)O)c1ccccc1C(=O)N(C)C. The van der Waals surface area contributed by atoms with Crippen molar-refractivity contribution in [3.63, 3.8) is 0 Å². The van der Waals surface area contributed by atoms with Crippen molar-refractivity contribution in [3.8, 4) is 5.75 Å². The number of carbonyl (C=O) groups excluding carboxylic acids is 2. The lowest BCUT2D eigenvalue weighted by atomic mass is 9.93. The standard InChI is InChI=1S/C22H27BN2O6/c1-14(16-8-4-5-10-18(16)22(27)25(2)3)21(26)24-20(31-23(28)29)12-15-13-30-19-11-7-6-9-17(15)19/h4-11,14-15,20,28-29H,12-13H2,1-3H3,(H,24,26)/t14-,15-,20-/m1/s1. The third-order valence-electron chi connectivity index (χ3n) is 5.34. The molecule has 9 heteroatoms. The van der Waals surface area contributed by atoms with Crippen LogP contribution < -0.4 is 10.1 Å². The van der Waals surface area contributed by atoms with E-state index >= 15 is 0 Å². The second-order valence-corrected chi connectivity index (χ2v) is 7.75. The predicted octanol–water partition coefficient (Wildman–Crippen LogP) is 1.49. The van der Waals surface area contributed by atoms with Crippen LogP contribution in [0.5, 0.6) is 5.75 Å². The Labute approximate surface area is 182 Å². The molecule has 0 bridgehead atoms. The summed E-state index contributed by atoms with van der Waals surface area (Å²) in [6, 6.07) is 14.5. The van der Waals surface area contributed by atoms with Crippen LogP contribution in [0.4, 0.5) is 0 Å². The van der Waals surface area contributed by atoms with Gasteiger partial charge in [0, 0.05) is 37.6 Å². The molecule has 1 heterocycles. The maximum atomic E-state index is 13.0. The van der Waals surface area contributed by atoms with E-state index < -0.39 is 25.4 Å². The topological polar surface area (TPSA) is 108 Å². The van der Waals surface area contributed by atoms with Crippen LogP contribution in [0.1, 0.15) is 46.7 Å². The second kappa shape index (κ2) is 9.95. The number of amides is 2. The molecule has 0 saturated heterocycles. The van der Waals surface area contributed by atoms with Gasteiger partial charge in [0.05, 0.1) is 12.5 Å². The lowest BCUT2D eigenvalue weighted by molar-refractivity contribution is -0.125. The normalized spacial score (nSPS) is 16.6. The van der Waals surface area contributed by atoms with Crippen molar-refractivity contribution in [2.24, 2.45) is 0 Å². The minimum absolute atomic E-state index is 0.0711. The van der Waals surface area contributed by atoms with Gasteiger partial charge in [0.25, 0.3) is 5.91 Å². The Balaban J connectivity index is 1.75. The summed E-state index contributed by atoms with van der Waals surface area (Å²) in [7, 11) is 1.26. The maximum Gasteiger partial charge on any atom is 0.635 e. The summed E-state index contributed by atoms with van der Waals surface area (Å²) in [5.41, 5.74) is 2.00. The van der Waals surface area contributed by atoms with E-state index in [1.807, 2.05) is 24.3 Å². The molecule has 0 aliphatic carbocycles. The average molecular weight is 426 g/mol. The first-order valence-corrected chi connectivity index (χ1v) is 10.1. The number of benzene rings is 2. The monoisotopic (exact) mass is 426 g/mol. The number of nitrogens with zero attached hydrogens (tertiary/aromatic N) is 1. The van der Waals surface area contributed by atoms with Crippen molar-refractivity contribution >= 4 is 19.1 Å². The number of nitrogens with one attached hydrogen (secondary N) is 1. The lowest BCUT2D eigenvalue weighted by Gasteiger charge is -2.25. The Kier molecular flexibility index (Phi) is 7.32. The van der Waals surface area contributed by atoms with Crippen LogP contribution in [-0.4, -0.2) is 61.0 Å². The quantitative estimate of drug-likeness (QED) is 0.436. The smallest absolute Gasteiger partial charge is 0.493 e. The minimum Gasteiger partial charge on any atom is -0.493 e. The van der Waals surface area contributed by atoms with Gasteiger partial charge in [-0.1, -0.05) is 36.4 Å². The summed E-state index contributed by atoms with van der Waals surface area (Å²) >= 11 is 0. The number of para-hydroxylation sites is 1. The predicted molar refractivity (Wildman–Crippen MR) is 115 cm³/mol. The van der Waals surface area contributed by atoms with Gasteiger partial charge >= 0.3 is 7.32 Å². The molecule has 164 valence electrons. The summed E-state index contributed by atoms with van der Waals surface area (Å²) in [6.07, 6.45) is -0.655. The molecule has 1 aliphatic rings. The highest BCUT2D eigenvalue weighted by atomic mass is 16.6. The van der Waals surface area contributed by atoms with Crippen molar-refractivity contribution in [2.75, 3.05) is 20.7 Å². The Morgan fingerprint density at radius 3 is 2.58 bits per heavy atom. The van der Waals surface area contributed by atoms with Crippen LogP contribution in [0.25, 0.3) is 0 Å². The highest BCUT2D eigenvalue weighted by Gasteiger charge is 2.31. The summed E-state index contributed by atoms with van der Waals surface area (Å²) in [5, 5.41) is 21.4.